The molecule has 2 N–H and O–H groups in total. The second kappa shape index (κ2) is 5.07. The van der Waals surface area contributed by atoms with Gasteiger partial charge in [0.1, 0.15) is 4.90 Å². The summed E-state index contributed by atoms with van der Waals surface area (Å²) in [6, 6.07) is 4.51. The van der Waals surface area contributed by atoms with Gasteiger partial charge in [-0.25, -0.2) is 8.42 Å². The van der Waals surface area contributed by atoms with E-state index in [0.29, 0.717) is 24.7 Å². The Morgan fingerprint density at radius 2 is 1.94 bits per heavy atom. The molecule has 2 rings (SSSR count). The molecule has 0 bridgehead atoms. The molecule has 0 radical (unpaired) electrons. The van der Waals surface area contributed by atoms with Crippen LogP contribution in [0.25, 0.3) is 0 Å². The third-order valence-corrected chi connectivity index (χ3v) is 5.70. The van der Waals surface area contributed by atoms with Gasteiger partial charge in [0.05, 0.1) is 5.02 Å². The summed E-state index contributed by atoms with van der Waals surface area (Å²) in [4.78, 5) is 0.146. The largest absolute Gasteiger partial charge is 0.399 e. The maximum absolute atomic E-state index is 12.4. The molecule has 1 heterocycles. The van der Waals surface area contributed by atoms with Crippen molar-refractivity contribution >= 4 is 27.3 Å². The van der Waals surface area contributed by atoms with Crippen LogP contribution in [0.1, 0.15) is 19.8 Å². The number of hydrogen-bond donors (Lipinski definition) is 1. The Balaban J connectivity index is 2.30. The summed E-state index contributed by atoms with van der Waals surface area (Å²) in [6.45, 7) is 3.26. The second-order valence-corrected chi connectivity index (χ2v) is 7.09. The third kappa shape index (κ3) is 2.63. The number of rotatable bonds is 2. The highest BCUT2D eigenvalue weighted by Crippen LogP contribution is 2.29. The Morgan fingerprint density at radius 3 is 2.50 bits per heavy atom. The molecule has 0 aromatic heterocycles. The molecule has 18 heavy (non-hydrogen) atoms. The summed E-state index contributed by atoms with van der Waals surface area (Å²) in [5.41, 5.74) is 6.04. The van der Waals surface area contributed by atoms with Crippen molar-refractivity contribution < 1.29 is 8.42 Å². The van der Waals surface area contributed by atoms with Crippen LogP contribution in [-0.4, -0.2) is 25.8 Å². The van der Waals surface area contributed by atoms with E-state index < -0.39 is 10.0 Å². The molecule has 0 saturated carbocycles. The van der Waals surface area contributed by atoms with Crippen LogP contribution < -0.4 is 5.73 Å². The van der Waals surface area contributed by atoms with Gasteiger partial charge in [0, 0.05) is 18.8 Å². The summed E-state index contributed by atoms with van der Waals surface area (Å²) in [5, 5.41) is 0.189. The molecule has 100 valence electrons. The Labute approximate surface area is 113 Å². The van der Waals surface area contributed by atoms with Gasteiger partial charge in [-0.1, -0.05) is 18.5 Å². The zero-order chi connectivity index (χ0) is 13.3. The fraction of sp³-hybridized carbons (Fsp3) is 0.500. The summed E-state index contributed by atoms with van der Waals surface area (Å²) in [6.07, 6.45) is 1.79. The smallest absolute Gasteiger partial charge is 0.244 e. The number of hydrogen-bond acceptors (Lipinski definition) is 3. The number of benzene rings is 1. The van der Waals surface area contributed by atoms with E-state index in [0.717, 1.165) is 12.8 Å². The molecule has 1 saturated heterocycles. The lowest BCUT2D eigenvalue weighted by atomic mass is 10.0. The van der Waals surface area contributed by atoms with Crippen LogP contribution in [0.4, 0.5) is 5.69 Å². The lowest BCUT2D eigenvalue weighted by Gasteiger charge is -2.29. The van der Waals surface area contributed by atoms with Gasteiger partial charge in [-0.15, -0.1) is 0 Å². The van der Waals surface area contributed by atoms with Crippen molar-refractivity contribution in [2.24, 2.45) is 5.92 Å². The number of halogens is 1. The number of anilines is 1. The van der Waals surface area contributed by atoms with Crippen molar-refractivity contribution in [2.45, 2.75) is 24.7 Å². The highest BCUT2D eigenvalue weighted by atomic mass is 35.5. The fourth-order valence-electron chi connectivity index (χ4n) is 2.09. The number of piperidine rings is 1. The predicted molar refractivity (Wildman–Crippen MR) is 73.0 cm³/mol. The van der Waals surface area contributed by atoms with Gasteiger partial charge in [-0.05, 0) is 37.0 Å². The zero-order valence-corrected chi connectivity index (χ0v) is 11.8. The van der Waals surface area contributed by atoms with Crippen LogP contribution in [0.3, 0.4) is 0 Å². The molecule has 1 aromatic carbocycles. The van der Waals surface area contributed by atoms with Gasteiger partial charge < -0.3 is 5.73 Å². The average Bonchev–Trinajstić information content (AvgIpc) is 2.29. The number of nitrogens with two attached hydrogens (primary N) is 1. The number of nitrogens with zero attached hydrogens (tertiary/aromatic N) is 1. The van der Waals surface area contributed by atoms with Crippen LogP contribution in [0.2, 0.25) is 5.02 Å². The Kier molecular flexibility index (Phi) is 3.84. The Morgan fingerprint density at radius 1 is 1.33 bits per heavy atom. The molecular formula is C12H17ClN2O2S. The molecule has 6 heteroatoms. The maximum atomic E-state index is 12.4. The van der Waals surface area contributed by atoms with Gasteiger partial charge in [0.25, 0.3) is 0 Å². The molecule has 1 aromatic rings. The minimum Gasteiger partial charge on any atom is -0.399 e. The van der Waals surface area contributed by atoms with Crippen LogP contribution in [-0.2, 0) is 10.0 Å². The van der Waals surface area contributed by atoms with Crippen molar-refractivity contribution in [1.29, 1.82) is 0 Å². The lowest BCUT2D eigenvalue weighted by molar-refractivity contribution is 0.288. The first kappa shape index (κ1) is 13.6. The van der Waals surface area contributed by atoms with E-state index in [1.807, 2.05) is 0 Å². The first-order valence-electron chi connectivity index (χ1n) is 5.96. The SMILES string of the molecule is CC1CCN(S(=O)(=O)c2ccc(N)cc2Cl)CC1. The van der Waals surface area contributed by atoms with Crippen LogP contribution in [0.15, 0.2) is 23.1 Å². The highest BCUT2D eigenvalue weighted by Gasteiger charge is 2.29. The van der Waals surface area contributed by atoms with Crippen molar-refractivity contribution in [3.05, 3.63) is 23.2 Å². The van der Waals surface area contributed by atoms with E-state index in [-0.39, 0.29) is 9.92 Å². The van der Waals surface area contributed by atoms with Gasteiger partial charge in [0.2, 0.25) is 10.0 Å². The van der Waals surface area contributed by atoms with Crippen LogP contribution >= 0.6 is 11.6 Å². The normalized spacial score (nSPS) is 19.0. The molecule has 1 aliphatic rings. The fourth-order valence-corrected chi connectivity index (χ4v) is 4.09. The molecule has 0 unspecified atom stereocenters. The minimum absolute atomic E-state index is 0.146. The molecule has 0 amide bonds. The Hall–Kier alpha value is -0.780. The summed E-state index contributed by atoms with van der Waals surface area (Å²) in [7, 11) is -3.49. The van der Waals surface area contributed by atoms with E-state index in [9.17, 15) is 8.42 Å². The molecular weight excluding hydrogens is 272 g/mol. The first-order valence-corrected chi connectivity index (χ1v) is 7.78. The first-order chi connectivity index (χ1) is 8.41. The molecule has 1 aliphatic heterocycles. The van der Waals surface area contributed by atoms with Crippen molar-refractivity contribution in [3.8, 4) is 0 Å². The van der Waals surface area contributed by atoms with E-state index in [2.05, 4.69) is 6.92 Å². The van der Waals surface area contributed by atoms with E-state index >= 15 is 0 Å². The highest BCUT2D eigenvalue weighted by molar-refractivity contribution is 7.89. The van der Waals surface area contributed by atoms with Gasteiger partial charge in [-0.3, -0.25) is 0 Å². The summed E-state index contributed by atoms with van der Waals surface area (Å²) >= 11 is 5.98. The van der Waals surface area contributed by atoms with Crippen LogP contribution in [0, 0.1) is 5.92 Å². The van der Waals surface area contributed by atoms with E-state index in [1.165, 1.54) is 16.4 Å². The molecule has 0 spiro atoms. The lowest BCUT2D eigenvalue weighted by Crippen LogP contribution is -2.38. The van der Waals surface area contributed by atoms with E-state index in [4.69, 9.17) is 17.3 Å². The van der Waals surface area contributed by atoms with Crippen molar-refractivity contribution in [3.63, 3.8) is 0 Å². The predicted octanol–water partition coefficient (Wildman–Crippen LogP) is 2.34. The quantitative estimate of drug-likeness (QED) is 0.850. The minimum atomic E-state index is -3.49. The molecule has 0 atom stereocenters. The standard InChI is InChI=1S/C12H17ClN2O2S/c1-9-4-6-15(7-5-9)18(16,17)12-3-2-10(14)8-11(12)13/h2-3,8-9H,4-7,14H2,1H3. The number of nitrogen functional groups attached to an aromatic ring is 1. The monoisotopic (exact) mass is 288 g/mol. The van der Waals surface area contributed by atoms with Crippen molar-refractivity contribution in [2.75, 3.05) is 18.8 Å². The maximum Gasteiger partial charge on any atom is 0.244 e. The average molecular weight is 289 g/mol. The number of sulfonamides is 1. The molecule has 1 fully saturated rings. The third-order valence-electron chi connectivity index (χ3n) is 3.32. The topological polar surface area (TPSA) is 63.4 Å². The van der Waals surface area contributed by atoms with Gasteiger partial charge in [-0.2, -0.15) is 4.31 Å². The summed E-state index contributed by atoms with van der Waals surface area (Å²) < 4.78 is 26.4. The molecule has 0 aliphatic carbocycles. The van der Waals surface area contributed by atoms with Gasteiger partial charge >= 0.3 is 0 Å². The summed E-state index contributed by atoms with van der Waals surface area (Å²) in [5.74, 6) is 0.582. The van der Waals surface area contributed by atoms with E-state index in [1.54, 1.807) is 6.07 Å². The van der Waals surface area contributed by atoms with Gasteiger partial charge in [0.15, 0.2) is 0 Å². The second-order valence-electron chi connectivity index (χ2n) is 4.78. The molecule has 4 nitrogen and oxygen atoms in total. The van der Waals surface area contributed by atoms with Crippen LogP contribution in [0.5, 0.6) is 0 Å². The van der Waals surface area contributed by atoms with Crippen molar-refractivity contribution in [1.82, 2.24) is 4.31 Å². The zero-order valence-electron chi connectivity index (χ0n) is 10.3. The Bertz CT molecular complexity index is 537.